The average molecular weight is 399 g/mol. The molecule has 1 saturated heterocycles. The maximum absolute atomic E-state index is 12.8. The van der Waals surface area contributed by atoms with Crippen molar-refractivity contribution in [3.05, 3.63) is 71.3 Å². The van der Waals surface area contributed by atoms with Gasteiger partial charge >= 0.3 is 0 Å². The van der Waals surface area contributed by atoms with Gasteiger partial charge in [0.2, 0.25) is 9.84 Å². The quantitative estimate of drug-likeness (QED) is 0.741. The van der Waals surface area contributed by atoms with Crippen LogP contribution >= 0.6 is 0 Å². The minimum absolute atomic E-state index is 0.0921. The molecule has 146 valence electrons. The Bertz CT molecular complexity index is 956. The molecule has 7 heteroatoms. The third-order valence-electron chi connectivity index (χ3n) is 4.87. The summed E-state index contributed by atoms with van der Waals surface area (Å²) in [5.74, 6) is 0.568. The van der Waals surface area contributed by atoms with Crippen LogP contribution in [0.1, 0.15) is 5.56 Å². The van der Waals surface area contributed by atoms with Crippen LogP contribution < -0.4 is 9.64 Å². The zero-order valence-corrected chi connectivity index (χ0v) is 16.7. The number of benzene rings is 2. The lowest BCUT2D eigenvalue weighted by molar-refractivity contribution is -0.917. The fourth-order valence-electron chi connectivity index (χ4n) is 3.24. The van der Waals surface area contributed by atoms with Crippen molar-refractivity contribution in [1.82, 2.24) is 4.90 Å². The topological polar surface area (TPSA) is 74.8 Å². The second kappa shape index (κ2) is 8.91. The van der Waals surface area contributed by atoms with Gasteiger partial charge in [0.05, 0.1) is 38.2 Å². The Morgan fingerprint density at radius 3 is 2.36 bits per heavy atom. The number of nitrogens with one attached hydrogen (secondary N) is 1. The van der Waals surface area contributed by atoms with E-state index in [-0.39, 0.29) is 9.80 Å². The van der Waals surface area contributed by atoms with Gasteiger partial charge in [-0.1, -0.05) is 30.3 Å². The Kier molecular flexibility index (Phi) is 6.34. The number of ether oxygens (including phenoxy) is 1. The minimum Gasteiger partial charge on any atom is -0.497 e. The maximum Gasteiger partial charge on any atom is 0.218 e. The third-order valence-corrected chi connectivity index (χ3v) is 6.54. The second-order valence-corrected chi connectivity index (χ2v) is 8.65. The molecule has 0 amide bonds. The number of allylic oxidation sites excluding steroid dienone is 1. The van der Waals surface area contributed by atoms with Crippen molar-refractivity contribution in [3.63, 3.8) is 0 Å². The van der Waals surface area contributed by atoms with Gasteiger partial charge in [0.25, 0.3) is 0 Å². The SMILES string of the molecule is COc1ccc(S(=O)(=O)/C(C#N)=C/N2CC[NH+](Cc3ccccc3)CC2)cc1. The van der Waals surface area contributed by atoms with Crippen molar-refractivity contribution in [3.8, 4) is 11.8 Å². The van der Waals surface area contributed by atoms with E-state index in [0.29, 0.717) is 18.8 Å². The summed E-state index contributed by atoms with van der Waals surface area (Å²) in [6.07, 6.45) is 1.48. The Labute approximate surface area is 166 Å². The predicted octanol–water partition coefficient (Wildman–Crippen LogP) is 1.23. The third kappa shape index (κ3) is 4.71. The van der Waals surface area contributed by atoms with Gasteiger partial charge in [-0.25, -0.2) is 8.42 Å². The molecule has 0 aliphatic carbocycles. The van der Waals surface area contributed by atoms with E-state index in [4.69, 9.17) is 4.74 Å². The van der Waals surface area contributed by atoms with Crippen LogP contribution in [0, 0.1) is 11.3 Å². The van der Waals surface area contributed by atoms with Crippen LogP contribution in [0.15, 0.2) is 70.6 Å². The predicted molar refractivity (Wildman–Crippen MR) is 106 cm³/mol. The average Bonchev–Trinajstić information content (AvgIpc) is 2.74. The first-order valence-corrected chi connectivity index (χ1v) is 10.6. The highest BCUT2D eigenvalue weighted by atomic mass is 32.2. The van der Waals surface area contributed by atoms with Crippen LogP contribution in [0.3, 0.4) is 0 Å². The second-order valence-electron chi connectivity index (χ2n) is 6.73. The highest BCUT2D eigenvalue weighted by molar-refractivity contribution is 7.95. The molecule has 0 aromatic heterocycles. The summed E-state index contributed by atoms with van der Waals surface area (Å²) in [6, 6.07) is 18.3. The minimum atomic E-state index is -3.84. The van der Waals surface area contributed by atoms with Gasteiger partial charge in [0.15, 0.2) is 4.91 Å². The Hall–Kier alpha value is -2.82. The summed E-state index contributed by atoms with van der Waals surface area (Å²) in [5, 5.41) is 9.45. The zero-order valence-electron chi connectivity index (χ0n) is 15.8. The molecule has 1 aliphatic rings. The molecule has 28 heavy (non-hydrogen) atoms. The summed E-state index contributed by atoms with van der Waals surface area (Å²) in [7, 11) is -2.32. The molecule has 2 aromatic rings. The monoisotopic (exact) mass is 398 g/mol. The lowest BCUT2D eigenvalue weighted by Gasteiger charge is -2.31. The van der Waals surface area contributed by atoms with Crippen molar-refractivity contribution in [2.75, 3.05) is 33.3 Å². The molecule has 0 unspecified atom stereocenters. The Morgan fingerprint density at radius 1 is 1.14 bits per heavy atom. The Balaban J connectivity index is 1.67. The lowest BCUT2D eigenvalue weighted by Crippen LogP contribution is -3.13. The van der Waals surface area contributed by atoms with Gasteiger partial charge in [-0.2, -0.15) is 5.26 Å². The van der Waals surface area contributed by atoms with E-state index in [1.165, 1.54) is 35.9 Å². The molecule has 1 heterocycles. The van der Waals surface area contributed by atoms with Crippen LogP contribution in [-0.2, 0) is 16.4 Å². The fourth-order valence-corrected chi connectivity index (χ4v) is 4.39. The molecule has 6 nitrogen and oxygen atoms in total. The van der Waals surface area contributed by atoms with E-state index < -0.39 is 9.84 Å². The molecule has 0 spiro atoms. The molecule has 1 fully saturated rings. The number of nitriles is 1. The van der Waals surface area contributed by atoms with Crippen molar-refractivity contribution in [1.29, 1.82) is 5.26 Å². The highest BCUT2D eigenvalue weighted by Gasteiger charge is 2.24. The summed E-state index contributed by atoms with van der Waals surface area (Å²) in [5.41, 5.74) is 1.29. The summed E-state index contributed by atoms with van der Waals surface area (Å²) in [6.45, 7) is 4.17. The van der Waals surface area contributed by atoms with Crippen LogP contribution in [0.25, 0.3) is 0 Å². The van der Waals surface area contributed by atoms with Crippen molar-refractivity contribution < 1.29 is 18.1 Å². The van der Waals surface area contributed by atoms with E-state index >= 15 is 0 Å². The van der Waals surface area contributed by atoms with E-state index in [2.05, 4.69) is 12.1 Å². The lowest BCUT2D eigenvalue weighted by atomic mass is 10.2. The van der Waals surface area contributed by atoms with Gasteiger partial charge in [-0.15, -0.1) is 0 Å². The van der Waals surface area contributed by atoms with Gasteiger partial charge in [-0.05, 0) is 24.3 Å². The van der Waals surface area contributed by atoms with Crippen LogP contribution in [0.5, 0.6) is 5.75 Å². The summed E-state index contributed by atoms with van der Waals surface area (Å²) < 4.78 is 30.6. The molecular weight excluding hydrogens is 374 g/mol. The number of piperazine rings is 1. The number of nitrogens with zero attached hydrogens (tertiary/aromatic N) is 2. The van der Waals surface area contributed by atoms with E-state index in [1.807, 2.05) is 29.2 Å². The molecule has 3 rings (SSSR count). The van der Waals surface area contributed by atoms with Gasteiger partial charge in [0.1, 0.15) is 18.4 Å². The fraction of sp³-hybridized carbons (Fsp3) is 0.286. The first-order valence-electron chi connectivity index (χ1n) is 9.15. The number of hydrogen-bond donors (Lipinski definition) is 1. The molecule has 0 atom stereocenters. The molecule has 2 aromatic carbocycles. The number of methoxy groups -OCH3 is 1. The van der Waals surface area contributed by atoms with Crippen molar-refractivity contribution in [2.24, 2.45) is 0 Å². The van der Waals surface area contributed by atoms with E-state index in [9.17, 15) is 13.7 Å². The maximum atomic E-state index is 12.8. The number of sulfone groups is 1. The Morgan fingerprint density at radius 2 is 1.79 bits per heavy atom. The van der Waals surface area contributed by atoms with E-state index in [1.54, 1.807) is 12.1 Å². The summed E-state index contributed by atoms with van der Waals surface area (Å²) >= 11 is 0. The van der Waals surface area contributed by atoms with E-state index in [0.717, 1.165) is 19.6 Å². The number of rotatable bonds is 6. The molecule has 1 aliphatic heterocycles. The number of hydrogen-bond acceptors (Lipinski definition) is 5. The van der Waals surface area contributed by atoms with Gasteiger partial charge in [-0.3, -0.25) is 0 Å². The molecule has 0 saturated carbocycles. The van der Waals surface area contributed by atoms with Crippen LogP contribution in [0.4, 0.5) is 0 Å². The normalized spacial score (nSPS) is 15.9. The van der Waals surface area contributed by atoms with Gasteiger partial charge in [0, 0.05) is 11.8 Å². The number of quaternary nitrogens is 1. The van der Waals surface area contributed by atoms with Crippen LogP contribution in [-0.4, -0.2) is 46.6 Å². The first-order chi connectivity index (χ1) is 13.5. The van der Waals surface area contributed by atoms with Crippen molar-refractivity contribution in [2.45, 2.75) is 11.4 Å². The first kappa shape index (κ1) is 19.9. The zero-order chi connectivity index (χ0) is 20.0. The highest BCUT2D eigenvalue weighted by Crippen LogP contribution is 2.22. The van der Waals surface area contributed by atoms with Crippen LogP contribution in [0.2, 0.25) is 0 Å². The smallest absolute Gasteiger partial charge is 0.218 e. The van der Waals surface area contributed by atoms with Gasteiger partial charge < -0.3 is 14.5 Å². The van der Waals surface area contributed by atoms with Crippen molar-refractivity contribution >= 4 is 9.84 Å². The largest absolute Gasteiger partial charge is 0.497 e. The summed E-state index contributed by atoms with van der Waals surface area (Å²) in [4.78, 5) is 3.24. The molecule has 0 bridgehead atoms. The molecule has 0 radical (unpaired) electrons. The molecular formula is C21H24N3O3S+. The standard InChI is InChI=1S/C21H23N3O3S/c1-27-19-7-9-20(10-8-19)28(25,26)21(15-22)17-24-13-11-23(12-14-24)16-18-5-3-2-4-6-18/h2-10,17H,11-14,16H2,1H3/p+1/b21-17+. The molecule has 1 N–H and O–H groups in total.